The summed E-state index contributed by atoms with van der Waals surface area (Å²) in [4.78, 5) is 0. The standard InChI is InChI=1S/C14H12IN3/c15-14-13(12-8-4-5-9-12)16-17-18(14)10-11-6-2-1-3-7-11/h1-9,12H,10H2. The topological polar surface area (TPSA) is 30.7 Å². The fourth-order valence-electron chi connectivity index (χ4n) is 1.99. The summed E-state index contributed by atoms with van der Waals surface area (Å²) in [5.74, 6) is 0.279. The first-order valence-corrected chi connectivity index (χ1v) is 6.90. The van der Waals surface area contributed by atoms with Gasteiger partial charge in [0.05, 0.1) is 6.54 Å². The number of allylic oxidation sites excluding steroid dienone is 4. The van der Waals surface area contributed by atoms with Gasteiger partial charge in [0.1, 0.15) is 9.39 Å². The maximum atomic E-state index is 4.30. The Morgan fingerprint density at radius 2 is 1.83 bits per heavy atom. The highest BCUT2D eigenvalue weighted by Gasteiger charge is 2.17. The van der Waals surface area contributed by atoms with Crippen LogP contribution in [0.25, 0.3) is 0 Å². The number of aromatic nitrogens is 3. The monoisotopic (exact) mass is 349 g/mol. The third-order valence-corrected chi connectivity index (χ3v) is 4.05. The van der Waals surface area contributed by atoms with Crippen LogP contribution in [0.5, 0.6) is 0 Å². The minimum atomic E-state index is 0.279. The lowest BCUT2D eigenvalue weighted by Crippen LogP contribution is -2.04. The van der Waals surface area contributed by atoms with E-state index in [0.29, 0.717) is 0 Å². The Hall–Kier alpha value is -1.43. The molecule has 1 aromatic carbocycles. The number of hydrogen-bond donors (Lipinski definition) is 0. The van der Waals surface area contributed by atoms with E-state index in [9.17, 15) is 0 Å². The van der Waals surface area contributed by atoms with Crippen LogP contribution in [-0.2, 0) is 6.54 Å². The molecule has 0 saturated heterocycles. The predicted octanol–water partition coefficient (Wildman–Crippen LogP) is 3.14. The second-order valence-corrected chi connectivity index (χ2v) is 5.23. The third-order valence-electron chi connectivity index (χ3n) is 2.94. The van der Waals surface area contributed by atoms with Gasteiger partial charge in [-0.3, -0.25) is 0 Å². The molecule has 2 aromatic rings. The molecular formula is C14H12IN3. The molecule has 0 unspecified atom stereocenters. The largest absolute Gasteiger partial charge is 0.234 e. The molecule has 3 rings (SSSR count). The number of halogens is 1. The summed E-state index contributed by atoms with van der Waals surface area (Å²) in [7, 11) is 0. The highest BCUT2D eigenvalue weighted by Crippen LogP contribution is 2.25. The molecule has 0 bridgehead atoms. The van der Waals surface area contributed by atoms with Gasteiger partial charge in [-0.05, 0) is 28.2 Å². The molecule has 1 heterocycles. The third kappa shape index (κ3) is 2.25. The van der Waals surface area contributed by atoms with Gasteiger partial charge >= 0.3 is 0 Å². The average molecular weight is 349 g/mol. The van der Waals surface area contributed by atoms with Gasteiger partial charge in [-0.15, -0.1) is 5.10 Å². The van der Waals surface area contributed by atoms with E-state index in [1.54, 1.807) is 0 Å². The summed E-state index contributed by atoms with van der Waals surface area (Å²) in [6, 6.07) is 10.3. The van der Waals surface area contributed by atoms with Crippen molar-refractivity contribution < 1.29 is 0 Å². The van der Waals surface area contributed by atoms with Gasteiger partial charge in [-0.25, -0.2) is 4.68 Å². The van der Waals surface area contributed by atoms with Crippen LogP contribution in [0, 0.1) is 3.70 Å². The van der Waals surface area contributed by atoms with Crippen LogP contribution < -0.4 is 0 Å². The van der Waals surface area contributed by atoms with Crippen molar-refractivity contribution in [3.8, 4) is 0 Å². The van der Waals surface area contributed by atoms with E-state index in [4.69, 9.17) is 0 Å². The molecule has 1 aromatic heterocycles. The van der Waals surface area contributed by atoms with Crippen molar-refractivity contribution in [2.24, 2.45) is 0 Å². The zero-order chi connectivity index (χ0) is 12.4. The van der Waals surface area contributed by atoms with Crippen molar-refractivity contribution in [2.75, 3.05) is 0 Å². The van der Waals surface area contributed by atoms with Gasteiger partial charge in [0.25, 0.3) is 0 Å². The van der Waals surface area contributed by atoms with E-state index in [-0.39, 0.29) is 5.92 Å². The molecule has 0 amide bonds. The van der Waals surface area contributed by atoms with Gasteiger partial charge in [-0.2, -0.15) is 0 Å². The van der Waals surface area contributed by atoms with Crippen LogP contribution in [0.2, 0.25) is 0 Å². The lowest BCUT2D eigenvalue weighted by atomic mass is 10.1. The summed E-state index contributed by atoms with van der Waals surface area (Å²) < 4.78 is 3.06. The van der Waals surface area contributed by atoms with Crippen LogP contribution in [-0.4, -0.2) is 15.0 Å². The molecule has 0 fully saturated rings. The van der Waals surface area contributed by atoms with Gasteiger partial charge in [0.2, 0.25) is 0 Å². The highest BCUT2D eigenvalue weighted by atomic mass is 127. The number of nitrogens with zero attached hydrogens (tertiary/aromatic N) is 3. The molecular weight excluding hydrogens is 337 g/mol. The highest BCUT2D eigenvalue weighted by molar-refractivity contribution is 14.1. The Labute approximate surface area is 119 Å². The van der Waals surface area contributed by atoms with Crippen LogP contribution in [0.1, 0.15) is 17.2 Å². The molecule has 18 heavy (non-hydrogen) atoms. The summed E-state index contributed by atoms with van der Waals surface area (Å²) in [6.45, 7) is 0.770. The number of benzene rings is 1. The molecule has 3 nitrogen and oxygen atoms in total. The van der Waals surface area contributed by atoms with Crippen molar-refractivity contribution in [3.05, 3.63) is 69.6 Å². The fourth-order valence-corrected chi connectivity index (χ4v) is 2.73. The predicted molar refractivity (Wildman–Crippen MR) is 79.3 cm³/mol. The van der Waals surface area contributed by atoms with Crippen LogP contribution in [0.4, 0.5) is 0 Å². The van der Waals surface area contributed by atoms with Crippen molar-refractivity contribution in [2.45, 2.75) is 12.5 Å². The van der Waals surface area contributed by atoms with Gasteiger partial charge < -0.3 is 0 Å². The first-order valence-electron chi connectivity index (χ1n) is 5.82. The van der Waals surface area contributed by atoms with E-state index in [1.807, 2.05) is 22.9 Å². The summed E-state index contributed by atoms with van der Waals surface area (Å²) in [6.07, 6.45) is 8.38. The van der Waals surface area contributed by atoms with E-state index >= 15 is 0 Å². The Bertz CT molecular complexity index is 587. The molecule has 1 aliphatic rings. The van der Waals surface area contributed by atoms with Crippen LogP contribution in [0.3, 0.4) is 0 Å². The number of rotatable bonds is 3. The van der Waals surface area contributed by atoms with Crippen LogP contribution >= 0.6 is 22.6 Å². The summed E-state index contributed by atoms with van der Waals surface area (Å²) in [5.41, 5.74) is 2.28. The lowest BCUT2D eigenvalue weighted by Gasteiger charge is -2.04. The number of hydrogen-bond acceptors (Lipinski definition) is 2. The van der Waals surface area contributed by atoms with Crippen molar-refractivity contribution in [1.29, 1.82) is 0 Å². The SMILES string of the molecule is Ic1c(C2C=CC=C2)nnn1Cc1ccccc1. The minimum Gasteiger partial charge on any atom is -0.234 e. The minimum absolute atomic E-state index is 0.279. The first-order chi connectivity index (χ1) is 8.84. The molecule has 4 heteroatoms. The Morgan fingerprint density at radius 1 is 1.11 bits per heavy atom. The Morgan fingerprint density at radius 3 is 2.56 bits per heavy atom. The Balaban J connectivity index is 1.86. The molecule has 0 radical (unpaired) electrons. The summed E-state index contributed by atoms with van der Waals surface area (Å²) >= 11 is 2.32. The van der Waals surface area contributed by atoms with Crippen molar-refractivity contribution in [3.63, 3.8) is 0 Å². The second-order valence-electron chi connectivity index (χ2n) is 4.20. The fraction of sp³-hybridized carbons (Fsp3) is 0.143. The molecule has 0 aliphatic heterocycles. The quantitative estimate of drug-likeness (QED) is 0.797. The summed E-state index contributed by atoms with van der Waals surface area (Å²) in [5, 5.41) is 8.54. The first kappa shape index (κ1) is 11.6. The Kier molecular flexibility index (Phi) is 3.27. The molecule has 1 aliphatic carbocycles. The molecule has 0 saturated carbocycles. The molecule has 90 valence electrons. The molecule has 0 atom stereocenters. The second kappa shape index (κ2) is 5.06. The maximum absolute atomic E-state index is 4.30. The van der Waals surface area contributed by atoms with Crippen LogP contribution in [0.15, 0.2) is 54.6 Å². The maximum Gasteiger partial charge on any atom is 0.124 e. The zero-order valence-electron chi connectivity index (χ0n) is 9.70. The van der Waals surface area contributed by atoms with Gasteiger partial charge in [0.15, 0.2) is 0 Å². The normalized spacial score (nSPS) is 14.5. The van der Waals surface area contributed by atoms with E-state index in [2.05, 4.69) is 69.3 Å². The van der Waals surface area contributed by atoms with Gasteiger partial charge in [-0.1, -0.05) is 59.8 Å². The molecule has 0 spiro atoms. The zero-order valence-corrected chi connectivity index (χ0v) is 11.9. The van der Waals surface area contributed by atoms with E-state index in [1.165, 1.54) is 5.56 Å². The van der Waals surface area contributed by atoms with E-state index < -0.39 is 0 Å². The lowest BCUT2D eigenvalue weighted by molar-refractivity contribution is 0.636. The molecule has 0 N–H and O–H groups in total. The van der Waals surface area contributed by atoms with Crippen molar-refractivity contribution >= 4 is 22.6 Å². The van der Waals surface area contributed by atoms with Gasteiger partial charge in [0, 0.05) is 5.92 Å². The van der Waals surface area contributed by atoms with E-state index in [0.717, 1.165) is 15.9 Å². The van der Waals surface area contributed by atoms with Crippen molar-refractivity contribution in [1.82, 2.24) is 15.0 Å². The average Bonchev–Trinajstić information content (AvgIpc) is 3.02. The smallest absolute Gasteiger partial charge is 0.124 e.